The van der Waals surface area contributed by atoms with E-state index in [0.29, 0.717) is 0 Å². The van der Waals surface area contributed by atoms with E-state index in [9.17, 15) is 0 Å². The topological polar surface area (TPSA) is 97.3 Å². The van der Waals surface area contributed by atoms with Gasteiger partial charge in [0.1, 0.15) is 0 Å². The van der Waals surface area contributed by atoms with Crippen molar-refractivity contribution < 1.29 is 41.2 Å². The molecular weight excluding hydrogens is 210 g/mol. The van der Waals surface area contributed by atoms with Crippen molar-refractivity contribution in [1.82, 2.24) is 0 Å². The van der Waals surface area contributed by atoms with Gasteiger partial charge in [0.15, 0.2) is 0 Å². The Morgan fingerprint density at radius 1 is 1.25 bits per heavy atom. The molecule has 0 fully saturated rings. The molecule has 0 saturated carbocycles. The third-order valence-corrected chi connectivity index (χ3v) is 0. The monoisotopic (exact) mass is 208 g/mol. The van der Waals surface area contributed by atoms with E-state index in [0.717, 1.165) is 0 Å². The Balaban J connectivity index is -0.0000000575. The molecule has 0 aliphatic heterocycles. The average Bonchev–Trinajstić information content (AvgIpc) is 1.33. The van der Waals surface area contributed by atoms with Crippen molar-refractivity contribution in [1.29, 1.82) is 0 Å². The molecule has 0 aromatic rings. The van der Waals surface area contributed by atoms with Crippen LogP contribution in [0.4, 0.5) is 0 Å². The fourth-order valence-electron chi connectivity index (χ4n) is 0. The normalized spacial score (nSPS) is 5.88. The van der Waals surface area contributed by atoms with Crippen LogP contribution in [0.25, 0.3) is 0 Å². The Labute approximate surface area is 64.3 Å². The van der Waals surface area contributed by atoms with Crippen LogP contribution < -0.4 is 0 Å². The fraction of sp³-hybridized carbons (Fsp3) is 0. The third kappa shape index (κ3) is 751. The first-order valence-electron chi connectivity index (χ1n) is 0.833. The van der Waals surface area contributed by atoms with Crippen LogP contribution in [0.15, 0.2) is 0 Å². The summed E-state index contributed by atoms with van der Waals surface area (Å²) in [6, 6.07) is 0. The molecule has 0 amide bonds. The van der Waals surface area contributed by atoms with E-state index in [1.165, 1.54) is 0 Å². The van der Waals surface area contributed by atoms with Gasteiger partial charge in [-0.1, -0.05) is 0 Å². The smallest absolute Gasteiger partial charge is 0.784 e. The first kappa shape index (κ1) is 15.8. The minimum Gasteiger partial charge on any atom is -0.784 e. The van der Waals surface area contributed by atoms with Gasteiger partial charge in [-0.2, -0.15) is 8.42 Å². The summed E-state index contributed by atoms with van der Waals surface area (Å²) in [4.78, 5) is 0. The number of hydrogen-bond donors (Lipinski definition) is 0. The van der Waals surface area contributed by atoms with Gasteiger partial charge in [-0.15, -0.1) is 11.4 Å². The summed E-state index contributed by atoms with van der Waals surface area (Å²) in [5.41, 5.74) is 0. The Morgan fingerprint density at radius 3 is 1.25 bits per heavy atom. The van der Waals surface area contributed by atoms with Crippen LogP contribution in [0.3, 0.4) is 0 Å². The van der Waals surface area contributed by atoms with Crippen LogP contribution in [0.1, 0.15) is 0 Å². The van der Waals surface area contributed by atoms with Gasteiger partial charge < -0.3 is 9.11 Å². The molecular formula is O5S2Zn. The molecule has 8 heavy (non-hydrogen) atoms. The van der Waals surface area contributed by atoms with Crippen molar-refractivity contribution in [2.45, 2.75) is 0 Å². The minimum atomic E-state index is -3.11. The quantitative estimate of drug-likeness (QED) is 0.351. The van der Waals surface area contributed by atoms with Crippen molar-refractivity contribution in [3.05, 3.63) is 0 Å². The zero-order valence-corrected chi connectivity index (χ0v) is 8.16. The Hall–Kier alpha value is 0.513. The molecule has 5 nitrogen and oxygen atoms in total. The molecule has 0 N–H and O–H groups in total. The van der Waals surface area contributed by atoms with Crippen molar-refractivity contribution in [2.24, 2.45) is 0 Å². The van der Waals surface area contributed by atoms with Gasteiger partial charge in [-0.3, -0.25) is 4.21 Å². The van der Waals surface area contributed by atoms with E-state index < -0.39 is 22.9 Å². The maximum atomic E-state index is 8.44. The van der Waals surface area contributed by atoms with E-state index in [1.54, 1.807) is 0 Å². The van der Waals surface area contributed by atoms with Crippen LogP contribution in [0.2, 0.25) is 0 Å². The molecule has 0 saturated heterocycles. The molecule has 0 unspecified atom stereocenters. The molecule has 0 aliphatic carbocycles. The second-order valence-electron chi connectivity index (χ2n) is 0.272. The first-order chi connectivity index (χ1) is 3.15. The summed E-state index contributed by atoms with van der Waals surface area (Å²) < 4.78 is 41.9. The van der Waals surface area contributed by atoms with Crippen LogP contribution in [-0.2, 0) is 42.4 Å². The van der Waals surface area contributed by atoms with Gasteiger partial charge >= 0.3 is 31.0 Å². The molecule has 0 aliphatic rings. The predicted molar refractivity (Wildman–Crippen MR) is 18.6 cm³/mol. The molecule has 44 valence electrons. The molecule has 0 bridgehead atoms. The maximum absolute atomic E-state index is 8.44. The second kappa shape index (κ2) is 15.6. The summed E-state index contributed by atoms with van der Waals surface area (Å²) in [7, 11) is 0. The van der Waals surface area contributed by atoms with E-state index in [2.05, 4.69) is 0 Å². The van der Waals surface area contributed by atoms with E-state index in [1.807, 2.05) is 0 Å². The number of hydrogen-bond acceptors (Lipinski definition) is 5. The molecule has 0 rings (SSSR count). The molecule has 8 heteroatoms. The van der Waals surface area contributed by atoms with Gasteiger partial charge in [0.05, 0.1) is 0 Å². The van der Waals surface area contributed by atoms with E-state index in [4.69, 9.17) is 21.7 Å². The van der Waals surface area contributed by atoms with Gasteiger partial charge in [0, 0.05) is 0 Å². The van der Waals surface area contributed by atoms with E-state index >= 15 is 0 Å². The van der Waals surface area contributed by atoms with Gasteiger partial charge in [-0.05, 0) is 0 Å². The van der Waals surface area contributed by atoms with Gasteiger partial charge in [0.25, 0.3) is 0 Å². The summed E-state index contributed by atoms with van der Waals surface area (Å²) in [5, 5.41) is 0. The van der Waals surface area contributed by atoms with Crippen molar-refractivity contribution in [2.75, 3.05) is 0 Å². The van der Waals surface area contributed by atoms with Gasteiger partial charge in [-0.25, -0.2) is 0 Å². The average molecular weight is 210 g/mol. The summed E-state index contributed by atoms with van der Waals surface area (Å²) in [6.07, 6.45) is 0. The van der Waals surface area contributed by atoms with Crippen LogP contribution in [-0.4, -0.2) is 21.7 Å². The van der Waals surface area contributed by atoms with Crippen LogP contribution in [0, 0.1) is 0 Å². The van der Waals surface area contributed by atoms with E-state index in [-0.39, 0.29) is 19.5 Å². The Morgan fingerprint density at radius 2 is 1.25 bits per heavy atom. The zero-order valence-electron chi connectivity index (χ0n) is 3.56. The summed E-state index contributed by atoms with van der Waals surface area (Å²) >= 11 is -3.86. The molecule has 0 atom stereocenters. The molecule has 0 aromatic carbocycles. The summed E-state index contributed by atoms with van der Waals surface area (Å²) in [5.74, 6) is 0. The minimum absolute atomic E-state index is 0. The first-order valence-corrected chi connectivity index (χ1v) is 2.50. The SMILES string of the molecule is O=S([O-])[O-].O=S=O.[Zn+2]. The third-order valence-electron chi connectivity index (χ3n) is 0. The second-order valence-corrected chi connectivity index (χ2v) is 0.816. The molecule has 0 spiro atoms. The molecule has 0 radical (unpaired) electrons. The largest absolute Gasteiger partial charge is 2.00 e. The Bertz CT molecular complexity index is 78.4. The molecule has 0 aromatic heterocycles. The Kier molecular flexibility index (Phi) is 30.9. The molecule has 0 heterocycles. The standard InChI is InChI=1S/H2O3S.O2S.Zn/c1-4(2)3;1-3-2;/h(H2,1,2,3);;/q;;+2/p-2. The van der Waals surface area contributed by atoms with Crippen molar-refractivity contribution in [3.8, 4) is 0 Å². The zero-order chi connectivity index (χ0) is 6.28. The van der Waals surface area contributed by atoms with Crippen molar-refractivity contribution >= 4 is 22.9 Å². The summed E-state index contributed by atoms with van der Waals surface area (Å²) in [6.45, 7) is 0. The van der Waals surface area contributed by atoms with Crippen molar-refractivity contribution in [3.63, 3.8) is 0 Å². The number of rotatable bonds is 0. The van der Waals surface area contributed by atoms with Crippen LogP contribution >= 0.6 is 0 Å². The predicted octanol–water partition coefficient (Wildman–Crippen LogP) is -1.68. The van der Waals surface area contributed by atoms with Crippen LogP contribution in [0.5, 0.6) is 0 Å². The maximum Gasteiger partial charge on any atom is 2.00 e. The fourth-order valence-corrected chi connectivity index (χ4v) is 0. The van der Waals surface area contributed by atoms with Gasteiger partial charge in [0.2, 0.25) is 0 Å².